The number of H-pyrrole nitrogens is 4. The molecule has 10 heterocycles. The number of aryl methyl sites for hydroxylation is 2. The molecule has 0 saturated carbocycles. The van der Waals surface area contributed by atoms with E-state index in [-0.39, 0.29) is 84.2 Å². The van der Waals surface area contributed by atoms with Crippen molar-refractivity contribution in [2.45, 2.75) is 127 Å². The maximum atomic E-state index is 14.2. The van der Waals surface area contributed by atoms with Crippen LogP contribution in [0.25, 0.3) is 22.1 Å². The Morgan fingerprint density at radius 3 is 1.41 bits per heavy atom. The van der Waals surface area contributed by atoms with Crippen LogP contribution in [0.2, 0.25) is 0 Å². The Morgan fingerprint density at radius 2 is 0.937 bits per heavy atom. The quantitative estimate of drug-likeness (QED) is 0.0667. The van der Waals surface area contributed by atoms with Gasteiger partial charge in [-0.05, 0) is 147 Å². The number of pyridine rings is 2. The molecule has 0 aliphatic carbocycles. The Labute approximate surface area is 546 Å². The number of halogens is 1. The van der Waals surface area contributed by atoms with Crippen LogP contribution in [0.15, 0.2) is 125 Å². The van der Waals surface area contributed by atoms with Crippen molar-refractivity contribution in [3.63, 3.8) is 0 Å². The minimum atomic E-state index is -1.07. The number of hydrogen-bond acceptors (Lipinski definition) is 12. The third-order valence-electron chi connectivity index (χ3n) is 19.6. The molecule has 6 aliphatic heterocycles. The van der Waals surface area contributed by atoms with Gasteiger partial charge in [0.15, 0.2) is 12.2 Å². The fourth-order valence-electron chi connectivity index (χ4n) is 14.4. The fraction of sp³-hybridized carbons (Fsp3) is 0.400. The Kier molecular flexibility index (Phi) is 18.5. The van der Waals surface area contributed by atoms with Gasteiger partial charge in [0.2, 0.25) is 0 Å². The lowest BCUT2D eigenvalue weighted by atomic mass is 9.92. The van der Waals surface area contributed by atoms with Gasteiger partial charge in [-0.15, -0.1) is 0 Å². The van der Waals surface area contributed by atoms with Crippen molar-refractivity contribution in [3.8, 4) is 0 Å². The van der Waals surface area contributed by atoms with E-state index < -0.39 is 30.2 Å². The van der Waals surface area contributed by atoms with Crippen LogP contribution in [-0.2, 0) is 45.0 Å². The number of fused-ring (bicyclic) bond motifs is 4. The van der Waals surface area contributed by atoms with Gasteiger partial charge in [-0.25, -0.2) is 33.2 Å². The fourth-order valence-corrected chi connectivity index (χ4v) is 14.4. The molecule has 2 unspecified atom stereocenters. The normalized spacial score (nSPS) is 18.1. The van der Waals surface area contributed by atoms with E-state index in [9.17, 15) is 42.7 Å². The summed E-state index contributed by atoms with van der Waals surface area (Å²) in [5, 5.41) is 5.65. The second kappa shape index (κ2) is 27.7. The zero-order valence-corrected chi connectivity index (χ0v) is 53.1. The highest BCUT2D eigenvalue weighted by Gasteiger charge is 2.39. The lowest BCUT2D eigenvalue weighted by Crippen LogP contribution is -2.52. The van der Waals surface area contributed by atoms with E-state index >= 15 is 0 Å². The first-order chi connectivity index (χ1) is 46.0. The van der Waals surface area contributed by atoms with Gasteiger partial charge < -0.3 is 69.4 Å². The Hall–Kier alpha value is -10.3. The highest BCUT2D eigenvalue weighted by molar-refractivity contribution is 5.94. The number of aromatic amines is 4. The molecule has 0 spiro atoms. The summed E-state index contributed by atoms with van der Waals surface area (Å²) in [7, 11) is 0. The van der Waals surface area contributed by atoms with Gasteiger partial charge in [-0.2, -0.15) is 0 Å². The lowest BCUT2D eigenvalue weighted by molar-refractivity contribution is -0.142. The Morgan fingerprint density at radius 1 is 0.505 bits per heavy atom. The lowest BCUT2D eigenvalue weighted by Gasteiger charge is -2.40. The van der Waals surface area contributed by atoms with Crippen molar-refractivity contribution in [3.05, 3.63) is 187 Å². The number of urea groups is 2. The smallest absolute Gasteiger partial charge is 0.410 e. The van der Waals surface area contributed by atoms with Crippen LogP contribution in [0.5, 0.6) is 0 Å². The van der Waals surface area contributed by atoms with Crippen molar-refractivity contribution in [1.29, 1.82) is 0 Å². The molecular weight excluding hydrogens is 1220 g/mol. The van der Waals surface area contributed by atoms with E-state index in [1.807, 2.05) is 97.6 Å². The number of ether oxygens (including phenoxy) is 2. The van der Waals surface area contributed by atoms with Crippen molar-refractivity contribution in [2.24, 2.45) is 0 Å². The van der Waals surface area contributed by atoms with Crippen LogP contribution < -0.4 is 22.0 Å². The van der Waals surface area contributed by atoms with E-state index in [0.717, 1.165) is 70.6 Å². The molecule has 0 radical (unpaired) electrons. The summed E-state index contributed by atoms with van der Waals surface area (Å²) in [6.07, 6.45) is 6.02. The molecule has 0 bridgehead atoms. The second-order valence-corrected chi connectivity index (χ2v) is 25.7. The van der Waals surface area contributed by atoms with Crippen LogP contribution in [0.4, 0.5) is 34.9 Å². The van der Waals surface area contributed by atoms with Gasteiger partial charge in [0.25, 0.3) is 11.8 Å². The van der Waals surface area contributed by atoms with Gasteiger partial charge >= 0.3 is 35.6 Å². The molecule has 24 nitrogen and oxygen atoms in total. The number of nitrogens with zero attached hydrogens (tertiary/aromatic N) is 8. The number of nitrogens with one attached hydrogen (secondary N) is 6. The number of anilines is 2. The SMILES string of the molecule is Cc1cc(CC(OC(=O)N2CCC(N3Cc4cccc(F)c4NC3=O)CC2)C(=O)N2CCC(c3ccccn3)CC2)cc2[nH]c(=O)[nH]c12.Cc1cc(CC(OC(=O)N2CCC(N3Cc4ccccc4NC3=O)CC2)C(=O)N2CCC(c3ccccn3)CC2)cc2[nH]c(=O)[nH]c12. The van der Waals surface area contributed by atoms with Crippen LogP contribution in [0, 0.1) is 19.7 Å². The van der Waals surface area contributed by atoms with E-state index in [0.29, 0.717) is 112 Å². The molecule has 6 aliphatic rings. The number of piperidine rings is 4. The monoisotopic (exact) mass is 1290 g/mol. The highest BCUT2D eigenvalue weighted by Crippen LogP contribution is 2.34. The number of hydrogen-bond donors (Lipinski definition) is 6. The minimum Gasteiger partial charge on any atom is -0.436 e. The van der Waals surface area contributed by atoms with Gasteiger partial charge in [-0.3, -0.25) is 19.6 Å². The number of likely N-dealkylation sites (tertiary alicyclic amines) is 4. The third kappa shape index (κ3) is 14.1. The predicted octanol–water partition coefficient (Wildman–Crippen LogP) is 9.19. The number of imidazole rings is 2. The Balaban J connectivity index is 0.000000172. The summed E-state index contributed by atoms with van der Waals surface area (Å²) in [6.45, 7) is 8.24. The van der Waals surface area contributed by atoms with E-state index in [4.69, 9.17) is 9.47 Å². The van der Waals surface area contributed by atoms with E-state index in [1.165, 1.54) is 6.07 Å². The molecule has 4 fully saturated rings. The molecule has 6 N–H and O–H groups in total. The van der Waals surface area contributed by atoms with Gasteiger partial charge in [0.05, 0.1) is 27.8 Å². The summed E-state index contributed by atoms with van der Waals surface area (Å²) < 4.78 is 26.3. The van der Waals surface area contributed by atoms with Crippen molar-refractivity contribution < 1.29 is 42.6 Å². The van der Waals surface area contributed by atoms with Crippen LogP contribution in [-0.4, -0.2) is 172 Å². The highest BCUT2D eigenvalue weighted by atomic mass is 19.1. The van der Waals surface area contributed by atoms with Crippen LogP contribution in [0.3, 0.4) is 0 Å². The van der Waals surface area contributed by atoms with Crippen molar-refractivity contribution in [1.82, 2.24) is 59.3 Å². The van der Waals surface area contributed by atoms with E-state index in [2.05, 4.69) is 40.5 Å². The van der Waals surface area contributed by atoms with E-state index in [1.54, 1.807) is 55.1 Å². The zero-order valence-electron chi connectivity index (χ0n) is 53.1. The van der Waals surface area contributed by atoms with Gasteiger partial charge in [-0.1, -0.05) is 54.6 Å². The Bertz CT molecular complexity index is 4280. The number of carbonyl (C=O) groups is 6. The molecule has 25 heteroatoms. The third-order valence-corrected chi connectivity index (χ3v) is 19.6. The largest absolute Gasteiger partial charge is 0.436 e. The summed E-state index contributed by atoms with van der Waals surface area (Å²) in [4.78, 5) is 135. The minimum absolute atomic E-state index is 0.0107. The summed E-state index contributed by atoms with van der Waals surface area (Å²) in [5.41, 5.74) is 10.2. The molecule has 4 aromatic carbocycles. The summed E-state index contributed by atoms with van der Waals surface area (Å²) in [5.74, 6) is -0.419. The van der Waals surface area contributed by atoms with Gasteiger partial charge in [0.1, 0.15) is 5.82 Å². The second-order valence-electron chi connectivity index (χ2n) is 25.7. The number of amides is 8. The molecular formula is C70H77FN14O10. The predicted molar refractivity (Wildman–Crippen MR) is 352 cm³/mol. The maximum Gasteiger partial charge on any atom is 0.410 e. The number of aromatic nitrogens is 6. The molecule has 8 aromatic rings. The first kappa shape index (κ1) is 63.4. The average Bonchev–Trinajstić information content (AvgIpc) is 0.989. The maximum absolute atomic E-state index is 14.2. The van der Waals surface area contributed by atoms with Gasteiger partial charge in [0, 0.05) is 132 Å². The first-order valence-electron chi connectivity index (χ1n) is 32.8. The molecule has 8 amide bonds. The topological polar surface area (TPSA) is 287 Å². The number of rotatable bonds is 12. The summed E-state index contributed by atoms with van der Waals surface area (Å²) in [6, 6.07) is 31.1. The van der Waals surface area contributed by atoms with Crippen LogP contribution >= 0.6 is 0 Å². The average molecular weight is 1290 g/mol. The molecule has 14 rings (SSSR count). The molecule has 4 aromatic heterocycles. The standard InChI is InChI=1S/C35H38FN7O5.C35H39N7O5/c1-21-17-22(18-28-30(21)39-33(45)38-28)19-29(32(44)41-13-8-23(9-14-41)27-7-2-3-12-37-27)48-35(47)42-15-10-25(11-16-42)43-20-24-5-4-6-26(36)31(24)40-34(43)46;1-22-18-23(19-29-31(22)39-33(44)37-29)20-30(32(43)40-14-9-24(10-15-40)27-7-4-5-13-36-27)47-35(46)41-16-11-26(12-17-41)42-21-25-6-2-3-8-28(25)38-34(42)45/h2-7,12,17-18,23,25,29H,8-11,13-16,19-20H2,1H3,(H,40,46)(H2,38,39,45);2-8,13,18-19,24,26,30H,9-12,14-17,20-21H2,1H3,(H,38,45)(H2,37,39,44). The first-order valence-corrected chi connectivity index (χ1v) is 32.8. The molecule has 2 atom stereocenters. The number of benzene rings is 4. The summed E-state index contributed by atoms with van der Waals surface area (Å²) >= 11 is 0. The molecule has 95 heavy (non-hydrogen) atoms. The zero-order chi connectivity index (χ0) is 65.9. The number of para-hydroxylation sites is 2. The van der Waals surface area contributed by atoms with Crippen molar-refractivity contribution in [2.75, 3.05) is 63.0 Å². The van der Waals surface area contributed by atoms with Crippen molar-refractivity contribution >= 4 is 69.5 Å². The number of carbonyl (C=O) groups excluding carboxylic acids is 6. The van der Waals surface area contributed by atoms with Crippen LogP contribution in [0.1, 0.15) is 108 Å². The molecule has 4 saturated heterocycles. The molecule has 494 valence electrons.